The molecule has 0 bridgehead atoms. The van der Waals surface area contributed by atoms with Crippen LogP contribution in [0.5, 0.6) is 5.75 Å². The SMILES string of the molecule is CN1CCCCC1COc1ccc(F)c(N)c1C(=O)O. The largest absolute Gasteiger partial charge is 0.491 e. The second kappa shape index (κ2) is 6.09. The Labute approximate surface area is 117 Å². The molecule has 110 valence electrons. The predicted molar refractivity (Wildman–Crippen MR) is 73.5 cm³/mol. The second-order valence-electron chi connectivity index (χ2n) is 5.08. The number of benzene rings is 1. The zero-order valence-corrected chi connectivity index (χ0v) is 11.4. The van der Waals surface area contributed by atoms with E-state index in [2.05, 4.69) is 4.90 Å². The number of halogens is 1. The Morgan fingerprint density at radius 1 is 1.55 bits per heavy atom. The average Bonchev–Trinajstić information content (AvgIpc) is 2.41. The molecule has 1 aliphatic rings. The Hall–Kier alpha value is -1.82. The number of nitrogens with two attached hydrogens (primary N) is 1. The number of rotatable bonds is 4. The molecule has 1 aromatic carbocycles. The summed E-state index contributed by atoms with van der Waals surface area (Å²) >= 11 is 0. The van der Waals surface area contributed by atoms with Crippen molar-refractivity contribution >= 4 is 11.7 Å². The zero-order chi connectivity index (χ0) is 14.7. The van der Waals surface area contributed by atoms with Gasteiger partial charge in [-0.2, -0.15) is 0 Å². The van der Waals surface area contributed by atoms with Crippen LogP contribution in [0.25, 0.3) is 0 Å². The van der Waals surface area contributed by atoms with Crippen LogP contribution in [0.4, 0.5) is 10.1 Å². The third-order valence-electron chi connectivity index (χ3n) is 3.72. The lowest BCUT2D eigenvalue weighted by Crippen LogP contribution is -2.40. The minimum absolute atomic E-state index is 0.121. The molecule has 1 fully saturated rings. The van der Waals surface area contributed by atoms with Crippen molar-refractivity contribution in [1.82, 2.24) is 4.90 Å². The lowest BCUT2D eigenvalue weighted by atomic mass is 10.0. The van der Waals surface area contributed by atoms with Gasteiger partial charge in [-0.15, -0.1) is 0 Å². The van der Waals surface area contributed by atoms with Crippen molar-refractivity contribution in [2.75, 3.05) is 25.9 Å². The summed E-state index contributed by atoms with van der Waals surface area (Å²) in [4.78, 5) is 13.4. The van der Waals surface area contributed by atoms with Crippen molar-refractivity contribution < 1.29 is 19.0 Å². The highest BCUT2D eigenvalue weighted by atomic mass is 19.1. The summed E-state index contributed by atoms with van der Waals surface area (Å²) < 4.78 is 18.9. The molecule has 1 unspecified atom stereocenters. The van der Waals surface area contributed by atoms with Gasteiger partial charge in [-0.3, -0.25) is 0 Å². The molecule has 0 radical (unpaired) electrons. The highest BCUT2D eigenvalue weighted by Gasteiger charge is 2.22. The fraction of sp³-hybridized carbons (Fsp3) is 0.500. The molecule has 3 N–H and O–H groups in total. The summed E-state index contributed by atoms with van der Waals surface area (Å²) in [5, 5.41) is 9.12. The van der Waals surface area contributed by atoms with Crippen molar-refractivity contribution in [3.05, 3.63) is 23.5 Å². The molecule has 0 aromatic heterocycles. The monoisotopic (exact) mass is 282 g/mol. The molecule has 6 heteroatoms. The van der Waals surface area contributed by atoms with E-state index in [1.54, 1.807) is 0 Å². The van der Waals surface area contributed by atoms with Crippen LogP contribution in [0, 0.1) is 5.82 Å². The smallest absolute Gasteiger partial charge is 0.341 e. The van der Waals surface area contributed by atoms with Crippen molar-refractivity contribution in [2.24, 2.45) is 0 Å². The lowest BCUT2D eigenvalue weighted by molar-refractivity contribution is 0.0688. The maximum Gasteiger partial charge on any atom is 0.341 e. The molecule has 1 heterocycles. The van der Waals surface area contributed by atoms with E-state index in [9.17, 15) is 9.18 Å². The molecule has 0 amide bonds. The maximum absolute atomic E-state index is 13.3. The topological polar surface area (TPSA) is 75.8 Å². The van der Waals surface area contributed by atoms with Crippen LogP contribution in [0.15, 0.2) is 12.1 Å². The lowest BCUT2D eigenvalue weighted by Gasteiger charge is -2.32. The van der Waals surface area contributed by atoms with Gasteiger partial charge >= 0.3 is 5.97 Å². The first-order valence-electron chi connectivity index (χ1n) is 6.65. The van der Waals surface area contributed by atoms with Gasteiger partial charge in [0.05, 0.1) is 5.69 Å². The maximum atomic E-state index is 13.3. The first-order valence-corrected chi connectivity index (χ1v) is 6.65. The summed E-state index contributed by atoms with van der Waals surface area (Å²) in [7, 11) is 2.02. The Balaban J connectivity index is 2.13. The third-order valence-corrected chi connectivity index (χ3v) is 3.72. The van der Waals surface area contributed by atoms with E-state index < -0.39 is 11.8 Å². The van der Waals surface area contributed by atoms with Crippen LogP contribution in [0.1, 0.15) is 29.6 Å². The molecule has 0 saturated carbocycles. The van der Waals surface area contributed by atoms with Crippen LogP contribution in [-0.2, 0) is 0 Å². The van der Waals surface area contributed by atoms with E-state index in [0.717, 1.165) is 31.9 Å². The van der Waals surface area contributed by atoms with Gasteiger partial charge in [0.25, 0.3) is 0 Å². The van der Waals surface area contributed by atoms with Crippen molar-refractivity contribution in [2.45, 2.75) is 25.3 Å². The summed E-state index contributed by atoms with van der Waals surface area (Å²) in [5.41, 5.74) is 4.79. The minimum atomic E-state index is -1.28. The fourth-order valence-corrected chi connectivity index (χ4v) is 2.46. The van der Waals surface area contributed by atoms with E-state index in [4.69, 9.17) is 15.6 Å². The van der Waals surface area contributed by atoms with E-state index >= 15 is 0 Å². The molecule has 0 spiro atoms. The molecule has 0 aliphatic carbocycles. The van der Waals surface area contributed by atoms with E-state index in [-0.39, 0.29) is 23.0 Å². The number of hydrogen-bond donors (Lipinski definition) is 2. The standard InChI is InChI=1S/C14H19FN2O3/c1-17-7-3-2-4-9(17)8-20-11-6-5-10(15)13(16)12(11)14(18)19/h5-6,9H,2-4,7-8,16H2,1H3,(H,18,19). The molecule has 1 saturated heterocycles. The normalized spacial score (nSPS) is 19.8. The van der Waals surface area contributed by atoms with Gasteiger partial charge in [0.15, 0.2) is 0 Å². The Morgan fingerprint density at radius 2 is 2.30 bits per heavy atom. The Bertz CT molecular complexity index is 507. The van der Waals surface area contributed by atoms with Gasteiger partial charge in [-0.05, 0) is 38.6 Å². The summed E-state index contributed by atoms with van der Waals surface area (Å²) in [6.45, 7) is 1.38. The fourth-order valence-electron chi connectivity index (χ4n) is 2.46. The van der Waals surface area contributed by atoms with Crippen LogP contribution in [0.3, 0.4) is 0 Å². The molecular formula is C14H19FN2O3. The first kappa shape index (κ1) is 14.6. The second-order valence-corrected chi connectivity index (χ2v) is 5.08. The number of nitrogens with zero attached hydrogens (tertiary/aromatic N) is 1. The number of ether oxygens (including phenoxy) is 1. The van der Waals surface area contributed by atoms with Gasteiger partial charge in [0.1, 0.15) is 23.7 Å². The summed E-state index contributed by atoms with van der Waals surface area (Å²) in [6.07, 6.45) is 3.31. The average molecular weight is 282 g/mol. The molecule has 1 aliphatic heterocycles. The minimum Gasteiger partial charge on any atom is -0.491 e. The molecule has 1 atom stereocenters. The number of piperidine rings is 1. The van der Waals surface area contributed by atoms with Crippen LogP contribution >= 0.6 is 0 Å². The zero-order valence-electron chi connectivity index (χ0n) is 11.4. The van der Waals surface area contributed by atoms with Crippen molar-refractivity contribution in [3.63, 3.8) is 0 Å². The molecule has 2 rings (SSSR count). The van der Waals surface area contributed by atoms with Crippen LogP contribution in [-0.4, -0.2) is 42.2 Å². The van der Waals surface area contributed by atoms with E-state index in [1.165, 1.54) is 6.07 Å². The summed E-state index contributed by atoms with van der Waals surface area (Å²) in [5.74, 6) is -1.91. The van der Waals surface area contributed by atoms with Gasteiger partial charge in [-0.1, -0.05) is 6.42 Å². The number of nitrogen functional groups attached to an aromatic ring is 1. The van der Waals surface area contributed by atoms with Crippen molar-refractivity contribution in [3.8, 4) is 5.75 Å². The summed E-state index contributed by atoms with van der Waals surface area (Å²) in [6, 6.07) is 2.69. The number of aromatic carboxylic acids is 1. The first-order chi connectivity index (χ1) is 9.50. The number of carboxylic acids is 1. The highest BCUT2D eigenvalue weighted by Crippen LogP contribution is 2.28. The highest BCUT2D eigenvalue weighted by molar-refractivity contribution is 5.96. The van der Waals surface area contributed by atoms with Gasteiger partial charge in [0, 0.05) is 6.04 Å². The Morgan fingerprint density at radius 3 is 2.95 bits per heavy atom. The predicted octanol–water partition coefficient (Wildman–Crippen LogP) is 1.97. The quantitative estimate of drug-likeness (QED) is 0.826. The Kier molecular flexibility index (Phi) is 4.44. The van der Waals surface area contributed by atoms with Gasteiger partial charge < -0.3 is 20.5 Å². The van der Waals surface area contributed by atoms with E-state index in [0.29, 0.717) is 6.61 Å². The third kappa shape index (κ3) is 3.01. The van der Waals surface area contributed by atoms with Crippen LogP contribution in [0.2, 0.25) is 0 Å². The van der Waals surface area contributed by atoms with Gasteiger partial charge in [-0.25, -0.2) is 9.18 Å². The number of likely N-dealkylation sites (tertiary alicyclic amines) is 1. The number of carboxylic acid groups (broad SMARTS) is 1. The number of hydrogen-bond acceptors (Lipinski definition) is 4. The number of anilines is 1. The number of carbonyl (C=O) groups is 1. The number of likely N-dealkylation sites (N-methyl/N-ethyl adjacent to an activating group) is 1. The molecule has 20 heavy (non-hydrogen) atoms. The molecule has 5 nitrogen and oxygen atoms in total. The molecular weight excluding hydrogens is 263 g/mol. The van der Waals surface area contributed by atoms with Crippen LogP contribution < -0.4 is 10.5 Å². The molecule has 1 aromatic rings. The van der Waals surface area contributed by atoms with E-state index in [1.807, 2.05) is 7.05 Å². The van der Waals surface area contributed by atoms with Gasteiger partial charge in [0.2, 0.25) is 0 Å². The van der Waals surface area contributed by atoms with Crippen molar-refractivity contribution in [1.29, 1.82) is 0 Å².